The molecular formula is C18H29IN4O2. The molecule has 0 amide bonds. The molecule has 25 heavy (non-hydrogen) atoms. The lowest BCUT2D eigenvalue weighted by molar-refractivity contribution is 0.156. The molecule has 6 nitrogen and oxygen atoms in total. The Labute approximate surface area is 167 Å². The number of guanidine groups is 1. The Hall–Kier alpha value is -1.09. The van der Waals surface area contributed by atoms with Crippen LogP contribution in [-0.2, 0) is 11.3 Å². The maximum atomic E-state index is 5.63. The van der Waals surface area contributed by atoms with Crippen molar-refractivity contribution in [1.82, 2.24) is 15.2 Å². The van der Waals surface area contributed by atoms with Crippen LogP contribution in [0.5, 0.6) is 5.88 Å². The highest BCUT2D eigenvalue weighted by atomic mass is 127. The summed E-state index contributed by atoms with van der Waals surface area (Å²) in [6.07, 6.45) is 4.11. The van der Waals surface area contributed by atoms with E-state index < -0.39 is 0 Å². The molecule has 1 unspecified atom stereocenters. The molecule has 2 saturated heterocycles. The van der Waals surface area contributed by atoms with Crippen LogP contribution in [0.1, 0.15) is 32.3 Å². The third-order valence-corrected chi connectivity index (χ3v) is 4.79. The van der Waals surface area contributed by atoms with Crippen molar-refractivity contribution in [2.45, 2.75) is 33.2 Å². The second-order valence-electron chi connectivity index (χ2n) is 6.54. The maximum Gasteiger partial charge on any atom is 0.218 e. The topological polar surface area (TPSA) is 59.0 Å². The molecule has 1 aromatic heterocycles. The summed E-state index contributed by atoms with van der Waals surface area (Å²) in [4.78, 5) is 11.5. The first-order valence-corrected chi connectivity index (χ1v) is 8.94. The van der Waals surface area contributed by atoms with Crippen LogP contribution in [0, 0.1) is 5.41 Å². The van der Waals surface area contributed by atoms with Crippen LogP contribution in [-0.4, -0.2) is 55.3 Å². The van der Waals surface area contributed by atoms with Crippen molar-refractivity contribution in [1.29, 1.82) is 0 Å². The van der Waals surface area contributed by atoms with Crippen molar-refractivity contribution in [3.8, 4) is 5.88 Å². The van der Waals surface area contributed by atoms with Crippen LogP contribution in [0.25, 0.3) is 0 Å². The van der Waals surface area contributed by atoms with Gasteiger partial charge >= 0.3 is 0 Å². The molecule has 7 heteroatoms. The maximum absolute atomic E-state index is 5.63. The summed E-state index contributed by atoms with van der Waals surface area (Å²) in [6, 6.07) is 3.96. The van der Waals surface area contributed by atoms with Gasteiger partial charge in [0, 0.05) is 43.4 Å². The Kier molecular flexibility index (Phi) is 7.74. The Bertz CT molecular complexity index is 576. The van der Waals surface area contributed by atoms with Crippen LogP contribution in [0.15, 0.2) is 23.3 Å². The zero-order valence-electron chi connectivity index (χ0n) is 15.2. The molecule has 0 bridgehead atoms. The molecule has 0 aromatic carbocycles. The third kappa shape index (κ3) is 4.97. The molecule has 140 valence electrons. The molecule has 2 fully saturated rings. The van der Waals surface area contributed by atoms with Crippen molar-refractivity contribution >= 4 is 29.9 Å². The van der Waals surface area contributed by atoms with E-state index in [2.05, 4.69) is 22.1 Å². The number of ether oxygens (including phenoxy) is 2. The first-order chi connectivity index (χ1) is 11.8. The zero-order valence-corrected chi connectivity index (χ0v) is 17.5. The first kappa shape index (κ1) is 20.2. The molecule has 3 heterocycles. The van der Waals surface area contributed by atoms with Gasteiger partial charge in [-0.1, -0.05) is 6.07 Å². The highest BCUT2D eigenvalue weighted by molar-refractivity contribution is 14.0. The number of rotatable bonds is 5. The lowest BCUT2D eigenvalue weighted by atomic mass is 9.87. The molecule has 3 rings (SSSR count). The molecule has 1 N–H and O–H groups in total. The van der Waals surface area contributed by atoms with Gasteiger partial charge in [-0.25, -0.2) is 9.98 Å². The van der Waals surface area contributed by atoms with Crippen molar-refractivity contribution in [2.24, 2.45) is 10.4 Å². The summed E-state index contributed by atoms with van der Waals surface area (Å²) in [5.74, 6) is 1.66. The fraction of sp³-hybridized carbons (Fsp3) is 0.667. The van der Waals surface area contributed by atoms with E-state index in [0.29, 0.717) is 24.4 Å². The normalized spacial score (nSPS) is 23.0. The molecule has 2 aliphatic heterocycles. The quantitative estimate of drug-likeness (QED) is 0.416. The minimum absolute atomic E-state index is 0. The van der Waals surface area contributed by atoms with Crippen molar-refractivity contribution in [2.75, 3.05) is 39.5 Å². The standard InChI is InChI=1S/C18H28N4O2.HI/c1-3-19-17(22-10-7-18(13-22)8-11-23-14-18)21-12-15-6-5-9-20-16(15)24-4-2;/h5-6,9H,3-4,7-8,10-14H2,1-2H3,(H,19,21);1H. The van der Waals surface area contributed by atoms with E-state index in [9.17, 15) is 0 Å². The van der Waals surface area contributed by atoms with Gasteiger partial charge in [-0.3, -0.25) is 0 Å². The number of likely N-dealkylation sites (tertiary alicyclic amines) is 1. The molecule has 1 spiro atoms. The van der Waals surface area contributed by atoms with E-state index in [1.807, 2.05) is 19.1 Å². The second-order valence-corrected chi connectivity index (χ2v) is 6.54. The largest absolute Gasteiger partial charge is 0.478 e. The molecule has 0 radical (unpaired) electrons. The molecule has 0 aliphatic carbocycles. The van der Waals surface area contributed by atoms with Gasteiger partial charge in [-0.05, 0) is 32.8 Å². The van der Waals surface area contributed by atoms with E-state index in [1.54, 1.807) is 6.20 Å². The molecule has 0 saturated carbocycles. The van der Waals surface area contributed by atoms with E-state index in [-0.39, 0.29) is 24.0 Å². The summed E-state index contributed by atoms with van der Waals surface area (Å²) < 4.78 is 11.2. The summed E-state index contributed by atoms with van der Waals surface area (Å²) in [7, 11) is 0. The van der Waals surface area contributed by atoms with Crippen LogP contribution in [0.2, 0.25) is 0 Å². The predicted molar refractivity (Wildman–Crippen MR) is 110 cm³/mol. The Balaban J connectivity index is 0.00000225. The third-order valence-electron chi connectivity index (χ3n) is 4.79. The summed E-state index contributed by atoms with van der Waals surface area (Å²) >= 11 is 0. The number of nitrogens with zero attached hydrogens (tertiary/aromatic N) is 3. The van der Waals surface area contributed by atoms with Gasteiger partial charge in [0.2, 0.25) is 5.88 Å². The van der Waals surface area contributed by atoms with Gasteiger partial charge in [0.05, 0.1) is 19.8 Å². The average Bonchev–Trinajstić information content (AvgIpc) is 3.23. The Morgan fingerprint density at radius 2 is 2.32 bits per heavy atom. The number of pyridine rings is 1. The van der Waals surface area contributed by atoms with Crippen LogP contribution in [0.3, 0.4) is 0 Å². The fourth-order valence-corrected chi connectivity index (χ4v) is 3.48. The number of nitrogens with one attached hydrogen (secondary N) is 1. The molecule has 1 atom stereocenters. The Morgan fingerprint density at radius 3 is 3.04 bits per heavy atom. The first-order valence-electron chi connectivity index (χ1n) is 8.94. The number of aromatic nitrogens is 1. The van der Waals surface area contributed by atoms with Gasteiger partial charge in [0.15, 0.2) is 5.96 Å². The van der Waals surface area contributed by atoms with Gasteiger partial charge in [-0.15, -0.1) is 24.0 Å². The summed E-state index contributed by atoms with van der Waals surface area (Å²) in [6.45, 7) is 9.99. The monoisotopic (exact) mass is 460 g/mol. The highest BCUT2D eigenvalue weighted by Gasteiger charge is 2.42. The summed E-state index contributed by atoms with van der Waals surface area (Å²) in [5, 5.41) is 3.43. The van der Waals surface area contributed by atoms with Gasteiger partial charge in [0.25, 0.3) is 0 Å². The lowest BCUT2D eigenvalue weighted by Crippen LogP contribution is -2.41. The summed E-state index contributed by atoms with van der Waals surface area (Å²) in [5.41, 5.74) is 1.36. The van der Waals surface area contributed by atoms with E-state index in [1.165, 1.54) is 12.8 Å². The number of aliphatic imine (C=N–C) groups is 1. The average molecular weight is 460 g/mol. The Morgan fingerprint density at radius 1 is 1.44 bits per heavy atom. The van der Waals surface area contributed by atoms with Crippen LogP contribution < -0.4 is 10.1 Å². The van der Waals surface area contributed by atoms with E-state index >= 15 is 0 Å². The number of hydrogen-bond donors (Lipinski definition) is 1. The van der Waals surface area contributed by atoms with Crippen LogP contribution in [0.4, 0.5) is 0 Å². The van der Waals surface area contributed by atoms with Gasteiger partial charge < -0.3 is 19.7 Å². The minimum atomic E-state index is 0. The second kappa shape index (κ2) is 9.56. The highest BCUT2D eigenvalue weighted by Crippen LogP contribution is 2.38. The molecule has 2 aliphatic rings. The van der Waals surface area contributed by atoms with E-state index in [0.717, 1.165) is 44.4 Å². The SMILES string of the molecule is CCNC(=NCc1cccnc1OCC)N1CCC2(CCOC2)C1.I. The van der Waals surface area contributed by atoms with Gasteiger partial charge in [-0.2, -0.15) is 0 Å². The molecular weight excluding hydrogens is 431 g/mol. The van der Waals surface area contributed by atoms with Gasteiger partial charge in [0.1, 0.15) is 0 Å². The predicted octanol–water partition coefficient (Wildman–Crippen LogP) is 2.68. The van der Waals surface area contributed by atoms with Crippen LogP contribution >= 0.6 is 24.0 Å². The van der Waals surface area contributed by atoms with E-state index in [4.69, 9.17) is 14.5 Å². The van der Waals surface area contributed by atoms with Crippen molar-refractivity contribution in [3.63, 3.8) is 0 Å². The lowest BCUT2D eigenvalue weighted by Gasteiger charge is -2.25. The van der Waals surface area contributed by atoms with Crippen molar-refractivity contribution < 1.29 is 9.47 Å². The molecule has 1 aromatic rings. The zero-order chi connectivity index (χ0) is 16.8. The number of hydrogen-bond acceptors (Lipinski definition) is 4. The minimum Gasteiger partial charge on any atom is -0.478 e. The smallest absolute Gasteiger partial charge is 0.218 e. The van der Waals surface area contributed by atoms with Crippen molar-refractivity contribution in [3.05, 3.63) is 23.9 Å². The fourth-order valence-electron chi connectivity index (χ4n) is 3.48. The number of halogens is 1.